The number of thiazole rings is 1. The van der Waals surface area contributed by atoms with Gasteiger partial charge in [0, 0.05) is 45.1 Å². The predicted molar refractivity (Wildman–Crippen MR) is 114 cm³/mol. The lowest BCUT2D eigenvalue weighted by atomic mass is 9.85. The molecule has 2 unspecified atom stereocenters. The van der Waals surface area contributed by atoms with Gasteiger partial charge in [0.2, 0.25) is 0 Å². The standard InChI is InChI=1S/C22H26N2OS2/c1-15-13-20(24-21(15)22-23-11-12-26-22)19(14-16-5-3-4-6-16)17-7-9-18(10-8-17)27(2)25/h7-13,16,19,24H,3-6,14H2,1-2H3. The van der Waals surface area contributed by atoms with Crippen molar-refractivity contribution in [1.29, 1.82) is 0 Å². The molecule has 1 aromatic carbocycles. The Morgan fingerprint density at radius 1 is 1.26 bits per heavy atom. The third kappa shape index (κ3) is 4.09. The lowest BCUT2D eigenvalue weighted by molar-refractivity contribution is 0.469. The first kappa shape index (κ1) is 18.6. The van der Waals surface area contributed by atoms with Crippen molar-refractivity contribution in [3.05, 3.63) is 58.7 Å². The van der Waals surface area contributed by atoms with E-state index in [0.717, 1.165) is 21.5 Å². The Bertz CT molecular complexity index is 906. The molecule has 4 rings (SSSR count). The van der Waals surface area contributed by atoms with Gasteiger partial charge in [-0.2, -0.15) is 0 Å². The van der Waals surface area contributed by atoms with E-state index in [1.54, 1.807) is 17.6 Å². The van der Waals surface area contributed by atoms with Crippen LogP contribution in [-0.4, -0.2) is 20.4 Å². The number of benzene rings is 1. The zero-order chi connectivity index (χ0) is 18.8. The van der Waals surface area contributed by atoms with Gasteiger partial charge in [0.05, 0.1) is 5.69 Å². The minimum absolute atomic E-state index is 0.347. The minimum atomic E-state index is -0.933. The Hall–Kier alpha value is -1.72. The van der Waals surface area contributed by atoms with Crippen molar-refractivity contribution in [3.63, 3.8) is 0 Å². The van der Waals surface area contributed by atoms with E-state index >= 15 is 0 Å². The van der Waals surface area contributed by atoms with Gasteiger partial charge in [0.1, 0.15) is 5.01 Å². The molecule has 0 amide bonds. The number of H-pyrrole nitrogens is 1. The molecule has 3 nitrogen and oxygen atoms in total. The second kappa shape index (κ2) is 8.11. The van der Waals surface area contributed by atoms with Crippen molar-refractivity contribution in [1.82, 2.24) is 9.97 Å². The lowest BCUT2D eigenvalue weighted by Crippen LogP contribution is -2.08. The maximum atomic E-state index is 11.8. The van der Waals surface area contributed by atoms with E-state index in [9.17, 15) is 4.21 Å². The Labute approximate surface area is 167 Å². The van der Waals surface area contributed by atoms with E-state index in [-0.39, 0.29) is 0 Å². The Morgan fingerprint density at radius 2 is 2.00 bits per heavy atom. The van der Waals surface area contributed by atoms with Gasteiger partial charge in [-0.1, -0.05) is 37.8 Å². The fraction of sp³-hybridized carbons (Fsp3) is 0.409. The highest BCUT2D eigenvalue weighted by Gasteiger charge is 2.25. The smallest absolute Gasteiger partial charge is 0.139 e. The first-order valence-electron chi connectivity index (χ1n) is 9.64. The molecule has 2 atom stereocenters. The average Bonchev–Trinajstić information content (AvgIpc) is 3.41. The van der Waals surface area contributed by atoms with Crippen LogP contribution in [0.1, 0.15) is 54.8 Å². The van der Waals surface area contributed by atoms with Crippen molar-refractivity contribution in [2.75, 3.05) is 6.26 Å². The Kier molecular flexibility index (Phi) is 5.60. The molecule has 3 aromatic rings. The van der Waals surface area contributed by atoms with Crippen molar-refractivity contribution in [3.8, 4) is 10.7 Å². The summed E-state index contributed by atoms with van der Waals surface area (Å²) in [6.45, 7) is 2.16. The third-order valence-corrected chi connectivity index (χ3v) is 7.44. The van der Waals surface area contributed by atoms with E-state index < -0.39 is 10.8 Å². The molecule has 0 bridgehead atoms. The number of aromatic amines is 1. The highest BCUT2D eigenvalue weighted by molar-refractivity contribution is 7.84. The van der Waals surface area contributed by atoms with Crippen molar-refractivity contribution in [2.45, 2.75) is 49.8 Å². The second-order valence-corrected chi connectivity index (χ2v) is 9.86. The largest absolute Gasteiger partial charge is 0.356 e. The molecule has 27 heavy (non-hydrogen) atoms. The van der Waals surface area contributed by atoms with Crippen LogP contribution >= 0.6 is 11.3 Å². The summed E-state index contributed by atoms with van der Waals surface area (Å²) in [6, 6.07) is 10.7. The van der Waals surface area contributed by atoms with Gasteiger partial charge >= 0.3 is 0 Å². The molecule has 2 aromatic heterocycles. The number of nitrogens with one attached hydrogen (secondary N) is 1. The van der Waals surface area contributed by atoms with E-state index in [1.165, 1.54) is 48.9 Å². The molecule has 1 N–H and O–H groups in total. The van der Waals surface area contributed by atoms with Crippen LogP contribution in [0.25, 0.3) is 10.7 Å². The Morgan fingerprint density at radius 3 is 2.63 bits per heavy atom. The number of rotatable bonds is 6. The topological polar surface area (TPSA) is 45.8 Å². The summed E-state index contributed by atoms with van der Waals surface area (Å²) >= 11 is 1.67. The summed E-state index contributed by atoms with van der Waals surface area (Å²) in [4.78, 5) is 9.06. The predicted octanol–water partition coefficient (Wildman–Crippen LogP) is 5.90. The first-order valence-corrected chi connectivity index (χ1v) is 12.1. The highest BCUT2D eigenvalue weighted by Crippen LogP contribution is 2.39. The lowest BCUT2D eigenvalue weighted by Gasteiger charge is -2.20. The number of aryl methyl sites for hydroxylation is 1. The quantitative estimate of drug-likeness (QED) is 0.562. The van der Waals surface area contributed by atoms with Crippen LogP contribution in [0.15, 0.2) is 46.8 Å². The zero-order valence-corrected chi connectivity index (χ0v) is 17.5. The highest BCUT2D eigenvalue weighted by atomic mass is 32.2. The van der Waals surface area contributed by atoms with E-state index in [1.807, 2.05) is 23.7 Å². The molecule has 1 fully saturated rings. The van der Waals surface area contributed by atoms with Crippen LogP contribution < -0.4 is 0 Å². The molecule has 0 spiro atoms. The molecule has 1 aliphatic carbocycles. The molecule has 0 saturated heterocycles. The van der Waals surface area contributed by atoms with E-state index in [0.29, 0.717) is 5.92 Å². The maximum Gasteiger partial charge on any atom is 0.139 e. The van der Waals surface area contributed by atoms with Crippen molar-refractivity contribution >= 4 is 22.1 Å². The van der Waals surface area contributed by atoms with Gasteiger partial charge in [-0.15, -0.1) is 11.3 Å². The maximum absolute atomic E-state index is 11.8. The van der Waals surface area contributed by atoms with Crippen molar-refractivity contribution in [2.24, 2.45) is 5.92 Å². The molecule has 2 heterocycles. The summed E-state index contributed by atoms with van der Waals surface area (Å²) < 4.78 is 11.8. The van der Waals surface area contributed by atoms with Gasteiger partial charge in [-0.05, 0) is 48.6 Å². The van der Waals surface area contributed by atoms with Gasteiger partial charge in [0.25, 0.3) is 0 Å². The van der Waals surface area contributed by atoms with Crippen LogP contribution in [0.3, 0.4) is 0 Å². The summed E-state index contributed by atoms with van der Waals surface area (Å²) in [7, 11) is -0.933. The molecular formula is C22H26N2OS2. The summed E-state index contributed by atoms with van der Waals surface area (Å²) in [6.07, 6.45) is 10.2. The Balaban J connectivity index is 1.69. The van der Waals surface area contributed by atoms with E-state index in [4.69, 9.17) is 0 Å². The van der Waals surface area contributed by atoms with Gasteiger partial charge < -0.3 is 4.98 Å². The van der Waals surface area contributed by atoms with Gasteiger partial charge in [-0.25, -0.2) is 4.98 Å². The van der Waals surface area contributed by atoms with Crippen LogP contribution in [0.4, 0.5) is 0 Å². The molecule has 1 aliphatic rings. The minimum Gasteiger partial charge on any atom is -0.356 e. The summed E-state index contributed by atoms with van der Waals surface area (Å²) in [5.41, 5.74) is 4.98. The summed E-state index contributed by atoms with van der Waals surface area (Å²) in [5, 5.41) is 3.07. The second-order valence-electron chi connectivity index (χ2n) is 7.58. The summed E-state index contributed by atoms with van der Waals surface area (Å²) in [5.74, 6) is 1.14. The van der Waals surface area contributed by atoms with Gasteiger partial charge in [-0.3, -0.25) is 4.21 Å². The molecule has 0 aliphatic heterocycles. The van der Waals surface area contributed by atoms with Crippen LogP contribution in [0, 0.1) is 12.8 Å². The molecule has 142 valence electrons. The number of hydrogen-bond acceptors (Lipinski definition) is 3. The van der Waals surface area contributed by atoms with Crippen LogP contribution in [0.5, 0.6) is 0 Å². The molecular weight excluding hydrogens is 372 g/mol. The molecule has 5 heteroatoms. The third-order valence-electron chi connectivity index (χ3n) is 5.72. The number of hydrogen-bond donors (Lipinski definition) is 1. The normalized spacial score (nSPS) is 17.3. The van der Waals surface area contributed by atoms with Crippen LogP contribution in [-0.2, 0) is 10.8 Å². The fourth-order valence-electron chi connectivity index (χ4n) is 4.25. The zero-order valence-electron chi connectivity index (χ0n) is 15.9. The van der Waals surface area contributed by atoms with E-state index in [2.05, 4.69) is 35.1 Å². The monoisotopic (exact) mass is 398 g/mol. The van der Waals surface area contributed by atoms with Crippen LogP contribution in [0.2, 0.25) is 0 Å². The fourth-order valence-corrected chi connectivity index (χ4v) is 5.48. The number of aromatic nitrogens is 2. The molecule has 1 saturated carbocycles. The SMILES string of the molecule is Cc1cc(C(CC2CCCC2)c2ccc(S(C)=O)cc2)[nH]c1-c1nccs1. The molecule has 0 radical (unpaired) electrons. The van der Waals surface area contributed by atoms with Gasteiger partial charge in [0.15, 0.2) is 0 Å². The average molecular weight is 399 g/mol. The van der Waals surface area contributed by atoms with Crippen molar-refractivity contribution < 1.29 is 4.21 Å². The number of nitrogens with zero attached hydrogens (tertiary/aromatic N) is 1. The first-order chi connectivity index (χ1) is 13.1.